The number of nitrogens with zero attached hydrogens (tertiary/aromatic N) is 6. The van der Waals surface area contributed by atoms with Gasteiger partial charge >= 0.3 is 5.97 Å². The fourth-order valence-electron chi connectivity index (χ4n) is 11.3. The maximum Gasteiger partial charge on any atom is 0.303 e. The zero-order chi connectivity index (χ0) is 52.8. The summed E-state index contributed by atoms with van der Waals surface area (Å²) in [6.07, 6.45) is 3.88. The number of rotatable bonds is 15. The van der Waals surface area contributed by atoms with Gasteiger partial charge in [-0.25, -0.2) is 4.98 Å². The molecule has 14 nitrogen and oxygen atoms in total. The molecule has 1 aromatic heterocycles. The number of fused-ring (bicyclic) bond motifs is 1. The molecule has 8 rings (SSSR count). The van der Waals surface area contributed by atoms with Gasteiger partial charge in [0.1, 0.15) is 17.3 Å². The average Bonchev–Trinajstić information content (AvgIpc) is 4.10. The van der Waals surface area contributed by atoms with Crippen LogP contribution in [0, 0.1) is 11.8 Å². The standard InChI is InChI=1S/C58H68Cl2N6O8.ClH/c1-58(2)31-47(45-11-7-8-12-48(45)58)46-30-54(68)66(33-39-15-20-42(60)29-52(39)74-44-21-16-38(17-22-44)50-32-61-53(64(50)5)35-65-25-9-10-26-65)49(23-24-55(69)70)51(67)28-40(36-73-6)56(71)63(4)43(34-62(3)57(46)72)27-37-13-18-41(59)19-14-37;/h7-8,11-22,29,32,40,43,46-47,49H,9-10,23-28,30-31,33-36H2,1-6H3,(H,69,70);1H/t40-,43+,46-,47-,49-;/m0./s1. The minimum Gasteiger partial charge on any atom is -0.481 e. The van der Waals surface area contributed by atoms with Crippen LogP contribution in [0.25, 0.3) is 11.3 Å². The van der Waals surface area contributed by atoms with Crippen LogP contribution in [0.1, 0.15) is 92.8 Å². The van der Waals surface area contributed by atoms with E-state index in [1.165, 1.54) is 24.9 Å². The molecular formula is C58H69Cl3N6O8. The summed E-state index contributed by atoms with van der Waals surface area (Å²) < 4.78 is 14.3. The Morgan fingerprint density at radius 1 is 0.840 bits per heavy atom. The van der Waals surface area contributed by atoms with Gasteiger partial charge in [-0.05, 0) is 122 Å². The number of aliphatic carboxylic acids is 1. The Kier molecular flexibility index (Phi) is 18.9. The van der Waals surface area contributed by atoms with Crippen molar-refractivity contribution in [3.63, 3.8) is 0 Å². The van der Waals surface area contributed by atoms with Crippen molar-refractivity contribution >= 4 is 65.1 Å². The lowest BCUT2D eigenvalue weighted by Crippen LogP contribution is -2.52. The van der Waals surface area contributed by atoms with E-state index in [9.17, 15) is 14.7 Å². The Hall–Kier alpha value is -5.77. The number of hydrogen-bond acceptors (Lipinski definition) is 9. The fraction of sp³-hybridized carbons (Fsp3) is 0.448. The molecule has 400 valence electrons. The molecule has 1 N–H and O–H groups in total. The molecule has 75 heavy (non-hydrogen) atoms. The Morgan fingerprint density at radius 3 is 2.23 bits per heavy atom. The van der Waals surface area contributed by atoms with Gasteiger partial charge in [0.2, 0.25) is 17.7 Å². The smallest absolute Gasteiger partial charge is 0.303 e. The van der Waals surface area contributed by atoms with Gasteiger partial charge < -0.3 is 33.8 Å². The second kappa shape index (κ2) is 24.9. The predicted octanol–water partition coefficient (Wildman–Crippen LogP) is 10.0. The first-order valence-corrected chi connectivity index (χ1v) is 26.3. The van der Waals surface area contributed by atoms with Gasteiger partial charge in [0.25, 0.3) is 0 Å². The highest BCUT2D eigenvalue weighted by Gasteiger charge is 2.46. The van der Waals surface area contributed by atoms with Gasteiger partial charge in [-0.1, -0.05) is 79.5 Å². The lowest BCUT2D eigenvalue weighted by atomic mass is 9.80. The number of likely N-dealkylation sites (tertiary alicyclic amines) is 1. The maximum absolute atomic E-state index is 15.6. The van der Waals surface area contributed by atoms with Crippen LogP contribution in [0.15, 0.2) is 97.2 Å². The third kappa shape index (κ3) is 13.4. The molecule has 2 saturated heterocycles. The largest absolute Gasteiger partial charge is 0.481 e. The van der Waals surface area contributed by atoms with Crippen molar-refractivity contribution in [3.8, 4) is 22.8 Å². The van der Waals surface area contributed by atoms with E-state index in [0.717, 1.165) is 53.4 Å². The third-order valence-electron chi connectivity index (χ3n) is 15.4. The number of benzene rings is 4. The molecule has 4 aromatic carbocycles. The van der Waals surface area contributed by atoms with Crippen molar-refractivity contribution in [1.82, 2.24) is 29.2 Å². The number of carboxylic acids is 1. The predicted molar refractivity (Wildman–Crippen MR) is 292 cm³/mol. The van der Waals surface area contributed by atoms with E-state index in [1.807, 2.05) is 67.8 Å². The number of methoxy groups -OCH3 is 1. The van der Waals surface area contributed by atoms with E-state index >= 15 is 14.4 Å². The second-order valence-electron chi connectivity index (χ2n) is 21.0. The molecule has 17 heteroatoms. The summed E-state index contributed by atoms with van der Waals surface area (Å²) in [5.41, 5.74) is 5.01. The lowest BCUT2D eigenvalue weighted by Gasteiger charge is -2.38. The van der Waals surface area contributed by atoms with Crippen molar-refractivity contribution in [2.75, 3.05) is 47.4 Å². The average molecular weight is 1080 g/mol. The molecule has 1 aliphatic carbocycles. The van der Waals surface area contributed by atoms with Gasteiger partial charge in [0.15, 0.2) is 5.78 Å². The van der Waals surface area contributed by atoms with Gasteiger partial charge in [-0.3, -0.25) is 28.9 Å². The van der Waals surface area contributed by atoms with E-state index in [2.05, 4.69) is 29.4 Å². The topological polar surface area (TPSA) is 155 Å². The highest BCUT2D eigenvalue weighted by molar-refractivity contribution is 6.31. The summed E-state index contributed by atoms with van der Waals surface area (Å²) in [5, 5.41) is 11.1. The number of halogens is 3. The molecule has 3 amide bonds. The highest BCUT2D eigenvalue weighted by Crippen LogP contribution is 2.50. The van der Waals surface area contributed by atoms with Crippen molar-refractivity contribution in [2.45, 2.75) is 102 Å². The summed E-state index contributed by atoms with van der Waals surface area (Å²) >= 11 is 12.9. The van der Waals surface area contributed by atoms with Crippen LogP contribution in [0.5, 0.6) is 11.5 Å². The van der Waals surface area contributed by atoms with Crippen LogP contribution in [-0.4, -0.2) is 123 Å². The first-order valence-electron chi connectivity index (χ1n) is 25.6. The Morgan fingerprint density at radius 2 is 1.53 bits per heavy atom. The van der Waals surface area contributed by atoms with Crippen molar-refractivity contribution < 1.29 is 38.6 Å². The molecule has 0 bridgehead atoms. The Bertz CT molecular complexity index is 2830. The molecule has 5 atom stereocenters. The normalized spacial score (nSPS) is 21.8. The molecule has 0 spiro atoms. The number of ketones is 1. The summed E-state index contributed by atoms with van der Waals surface area (Å²) in [4.78, 5) is 85.1. The van der Waals surface area contributed by atoms with Crippen LogP contribution in [0.4, 0.5) is 0 Å². The van der Waals surface area contributed by atoms with E-state index in [4.69, 9.17) is 37.7 Å². The van der Waals surface area contributed by atoms with E-state index in [0.29, 0.717) is 39.9 Å². The summed E-state index contributed by atoms with van der Waals surface area (Å²) in [7, 11) is 6.85. The molecule has 3 aliphatic rings. The number of hydrogen-bond donors (Lipinski definition) is 1. The van der Waals surface area contributed by atoms with Gasteiger partial charge in [-0.2, -0.15) is 0 Å². The SMILES string of the molecule is COC[C@@H]1CC(=O)[C@H](CCC(=O)O)N(Cc2ccc(Cl)cc2Oc2ccc(-c3cnc(CN4CCCC4)n3C)cc2)C(=O)C[C@@H]([C@H]2CC(C)(C)c3ccccc32)C(=O)N(C)C[C@@H](Cc2ccc(Cl)cc2)N(C)C1=O.Cl. The molecule has 0 unspecified atom stereocenters. The quantitative estimate of drug-likeness (QED) is 0.107. The van der Waals surface area contributed by atoms with Crippen molar-refractivity contribution in [3.05, 3.63) is 135 Å². The number of likely N-dealkylation sites (N-methyl/N-ethyl adjacent to an activating group) is 2. The number of imidazole rings is 1. The highest BCUT2D eigenvalue weighted by atomic mass is 35.5. The lowest BCUT2D eigenvalue weighted by molar-refractivity contribution is -0.149. The molecule has 5 aromatic rings. The number of carbonyl (C=O) groups excluding carboxylic acids is 4. The van der Waals surface area contributed by atoms with Crippen LogP contribution < -0.4 is 4.74 Å². The van der Waals surface area contributed by atoms with Crippen LogP contribution in [-0.2, 0) is 60.7 Å². The molecule has 2 aliphatic heterocycles. The fourth-order valence-corrected chi connectivity index (χ4v) is 11.6. The summed E-state index contributed by atoms with van der Waals surface area (Å²) in [5.74, 6) is -3.36. The van der Waals surface area contributed by atoms with E-state index in [1.54, 1.807) is 54.2 Å². The minimum atomic E-state index is -1.32. The van der Waals surface area contributed by atoms with Gasteiger partial charge in [-0.15, -0.1) is 12.4 Å². The first kappa shape index (κ1) is 56.9. The second-order valence-corrected chi connectivity index (χ2v) is 21.9. The molecular weight excluding hydrogens is 1020 g/mol. The maximum atomic E-state index is 15.6. The molecule has 2 fully saturated rings. The Balaban J connectivity index is 0.00000820. The number of aromatic nitrogens is 2. The number of ether oxygens (including phenoxy) is 2. The third-order valence-corrected chi connectivity index (χ3v) is 15.9. The van der Waals surface area contributed by atoms with E-state index < -0.39 is 48.0 Å². The monoisotopic (exact) mass is 1080 g/mol. The van der Waals surface area contributed by atoms with Crippen LogP contribution >= 0.6 is 35.6 Å². The molecule has 0 radical (unpaired) electrons. The number of amides is 3. The summed E-state index contributed by atoms with van der Waals surface area (Å²) in [6, 6.07) is 26.1. The Labute approximate surface area is 456 Å². The number of carboxylic acid groups (broad SMARTS) is 1. The van der Waals surface area contributed by atoms with Crippen LogP contribution in [0.2, 0.25) is 10.0 Å². The van der Waals surface area contributed by atoms with Crippen molar-refractivity contribution in [1.29, 1.82) is 0 Å². The first-order chi connectivity index (χ1) is 35.4. The van der Waals surface area contributed by atoms with Crippen molar-refractivity contribution in [2.24, 2.45) is 18.9 Å². The van der Waals surface area contributed by atoms with Crippen LogP contribution in [0.3, 0.4) is 0 Å². The number of carbonyl (C=O) groups is 5. The zero-order valence-electron chi connectivity index (χ0n) is 43.7. The number of Topliss-reactive ketones (excluding diaryl/α,β-unsaturated/α-hetero) is 1. The summed E-state index contributed by atoms with van der Waals surface area (Å²) in [6.45, 7) is 6.99. The van der Waals surface area contributed by atoms with Gasteiger partial charge in [0, 0.05) is 75.2 Å². The minimum absolute atomic E-state index is 0. The molecule has 0 saturated carbocycles. The zero-order valence-corrected chi connectivity index (χ0v) is 46.0. The van der Waals surface area contributed by atoms with E-state index in [-0.39, 0.29) is 74.5 Å². The molecule has 3 heterocycles. The van der Waals surface area contributed by atoms with Gasteiger partial charge in [0.05, 0.1) is 55.5 Å².